The van der Waals surface area contributed by atoms with Gasteiger partial charge in [-0.1, -0.05) is 40.2 Å². The van der Waals surface area contributed by atoms with Gasteiger partial charge in [0, 0.05) is 5.92 Å². The standard InChI is InChI=1S/C27H37NO6S/c1-14-8-7-11-27(6)25(34-27)23(17-9-10-19-18(12-17)28-16(3)35-19)33-21(30)13-20(29)26(4,5)24(32)15(2)22(14)31/h9-10,12,14-15,20,22-23,25,29,31H,7-8,11,13H2,1-6H3. The van der Waals surface area contributed by atoms with Gasteiger partial charge in [-0.05, 0) is 50.3 Å². The van der Waals surface area contributed by atoms with E-state index in [1.807, 2.05) is 39.0 Å². The molecular weight excluding hydrogens is 466 g/mol. The largest absolute Gasteiger partial charge is 0.454 e. The number of carbonyl (C=O) groups excluding carboxylic acids is 2. The van der Waals surface area contributed by atoms with Crippen molar-refractivity contribution in [3.8, 4) is 0 Å². The molecule has 192 valence electrons. The van der Waals surface area contributed by atoms with Crippen molar-refractivity contribution in [3.63, 3.8) is 0 Å². The van der Waals surface area contributed by atoms with Crippen LogP contribution in [0.2, 0.25) is 0 Å². The number of esters is 1. The van der Waals surface area contributed by atoms with Gasteiger partial charge in [-0.25, -0.2) is 4.98 Å². The van der Waals surface area contributed by atoms with Crippen LogP contribution < -0.4 is 0 Å². The number of nitrogens with zero attached hydrogens (tertiary/aromatic N) is 1. The first kappa shape index (κ1) is 26.2. The van der Waals surface area contributed by atoms with Crippen LogP contribution in [0.1, 0.15) is 77.0 Å². The summed E-state index contributed by atoms with van der Waals surface area (Å²) in [6.45, 7) is 10.9. The molecule has 2 saturated heterocycles. The number of benzene rings is 1. The molecule has 0 spiro atoms. The fourth-order valence-corrected chi connectivity index (χ4v) is 6.14. The van der Waals surface area contributed by atoms with E-state index in [1.54, 1.807) is 32.1 Å². The van der Waals surface area contributed by atoms with Crippen LogP contribution in [0.25, 0.3) is 10.2 Å². The Morgan fingerprint density at radius 2 is 1.86 bits per heavy atom. The lowest BCUT2D eigenvalue weighted by atomic mass is 9.73. The second-order valence-corrected chi connectivity index (χ2v) is 12.4. The number of fused-ring (bicyclic) bond motifs is 2. The molecule has 2 aliphatic rings. The number of aliphatic hydroxyl groups excluding tert-OH is 2. The maximum atomic E-state index is 13.2. The van der Waals surface area contributed by atoms with Crippen LogP contribution in [0.15, 0.2) is 18.2 Å². The molecule has 2 aliphatic heterocycles. The lowest BCUT2D eigenvalue weighted by Crippen LogP contribution is -2.45. The topological polar surface area (TPSA) is 109 Å². The average molecular weight is 504 g/mol. The first-order valence-electron chi connectivity index (χ1n) is 12.5. The van der Waals surface area contributed by atoms with E-state index in [-0.39, 0.29) is 24.2 Å². The zero-order valence-corrected chi connectivity index (χ0v) is 22.2. The molecule has 7 atom stereocenters. The molecule has 0 radical (unpaired) electrons. The second kappa shape index (κ2) is 9.54. The third kappa shape index (κ3) is 5.17. The van der Waals surface area contributed by atoms with Crippen LogP contribution >= 0.6 is 11.3 Å². The Morgan fingerprint density at radius 1 is 1.14 bits per heavy atom. The zero-order valence-electron chi connectivity index (χ0n) is 21.4. The summed E-state index contributed by atoms with van der Waals surface area (Å²) >= 11 is 1.61. The van der Waals surface area contributed by atoms with Gasteiger partial charge in [-0.15, -0.1) is 11.3 Å². The minimum atomic E-state index is -1.24. The summed E-state index contributed by atoms with van der Waals surface area (Å²) in [5.74, 6) is -1.59. The van der Waals surface area contributed by atoms with Gasteiger partial charge in [-0.2, -0.15) is 0 Å². The van der Waals surface area contributed by atoms with Gasteiger partial charge in [0.05, 0.1) is 44.9 Å². The molecule has 0 bridgehead atoms. The van der Waals surface area contributed by atoms with E-state index >= 15 is 0 Å². The van der Waals surface area contributed by atoms with Crippen molar-refractivity contribution in [2.75, 3.05) is 0 Å². The Bertz CT molecular complexity index is 1110. The third-order valence-corrected chi connectivity index (χ3v) is 8.94. The smallest absolute Gasteiger partial charge is 0.309 e. The van der Waals surface area contributed by atoms with Gasteiger partial charge in [0.2, 0.25) is 0 Å². The van der Waals surface area contributed by atoms with Crippen molar-refractivity contribution in [2.24, 2.45) is 17.3 Å². The number of aliphatic hydroxyl groups is 2. The summed E-state index contributed by atoms with van der Waals surface area (Å²) in [6, 6.07) is 5.87. The number of epoxide rings is 1. The molecule has 0 saturated carbocycles. The van der Waals surface area contributed by atoms with Crippen molar-refractivity contribution in [2.45, 2.75) is 97.2 Å². The van der Waals surface area contributed by atoms with Gasteiger partial charge in [-0.3, -0.25) is 9.59 Å². The van der Waals surface area contributed by atoms with E-state index in [2.05, 4.69) is 4.98 Å². The van der Waals surface area contributed by atoms with E-state index < -0.39 is 41.2 Å². The maximum Gasteiger partial charge on any atom is 0.309 e. The summed E-state index contributed by atoms with van der Waals surface area (Å²) in [5.41, 5.74) is -0.0160. The monoisotopic (exact) mass is 503 g/mol. The highest BCUT2D eigenvalue weighted by Gasteiger charge is 2.58. The van der Waals surface area contributed by atoms with E-state index in [9.17, 15) is 19.8 Å². The predicted molar refractivity (Wildman–Crippen MR) is 134 cm³/mol. The summed E-state index contributed by atoms with van der Waals surface area (Å²) in [4.78, 5) is 30.8. The Hall–Kier alpha value is -1.87. The minimum Gasteiger partial charge on any atom is -0.454 e. The molecule has 7 nitrogen and oxygen atoms in total. The highest BCUT2D eigenvalue weighted by molar-refractivity contribution is 7.18. The number of rotatable bonds is 1. The highest BCUT2D eigenvalue weighted by Crippen LogP contribution is 2.50. The molecule has 8 heteroatoms. The molecule has 1 aromatic carbocycles. The van der Waals surface area contributed by atoms with Gasteiger partial charge < -0.3 is 19.7 Å². The first-order valence-corrected chi connectivity index (χ1v) is 13.3. The summed E-state index contributed by atoms with van der Waals surface area (Å²) < 4.78 is 13.1. The molecule has 0 aliphatic carbocycles. The Labute approximate surface area is 210 Å². The Kier molecular flexibility index (Phi) is 7.14. The molecule has 2 N–H and O–H groups in total. The van der Waals surface area contributed by atoms with E-state index in [0.29, 0.717) is 0 Å². The molecule has 2 aromatic rings. The Morgan fingerprint density at radius 3 is 2.57 bits per heavy atom. The summed E-state index contributed by atoms with van der Waals surface area (Å²) in [5, 5.41) is 22.7. The first-order chi connectivity index (χ1) is 16.3. The normalized spacial score (nSPS) is 36.7. The number of carbonyl (C=O) groups is 2. The van der Waals surface area contributed by atoms with Crippen LogP contribution in [-0.4, -0.2) is 50.9 Å². The number of aryl methyl sites for hydroxylation is 1. The number of ketones is 1. The van der Waals surface area contributed by atoms with Crippen LogP contribution in [0.3, 0.4) is 0 Å². The fourth-order valence-electron chi connectivity index (χ4n) is 5.33. The van der Waals surface area contributed by atoms with Crippen molar-refractivity contribution in [1.82, 2.24) is 4.98 Å². The molecule has 1 aromatic heterocycles. The number of thiazole rings is 1. The maximum absolute atomic E-state index is 13.2. The van der Waals surface area contributed by atoms with Crippen LogP contribution in [0.4, 0.5) is 0 Å². The van der Waals surface area contributed by atoms with Gasteiger partial charge >= 0.3 is 5.97 Å². The minimum absolute atomic E-state index is 0.0863. The number of aromatic nitrogens is 1. The molecule has 2 fully saturated rings. The molecule has 35 heavy (non-hydrogen) atoms. The molecule has 4 rings (SSSR count). The number of cyclic esters (lactones) is 1. The molecule has 3 heterocycles. The Balaban J connectivity index is 1.65. The van der Waals surface area contributed by atoms with Crippen LogP contribution in [0.5, 0.6) is 0 Å². The van der Waals surface area contributed by atoms with Crippen molar-refractivity contribution in [3.05, 3.63) is 28.8 Å². The number of hydrogen-bond acceptors (Lipinski definition) is 8. The number of ether oxygens (including phenoxy) is 2. The number of hydrogen-bond donors (Lipinski definition) is 2. The third-order valence-electron chi connectivity index (χ3n) is 7.99. The fraction of sp³-hybridized carbons (Fsp3) is 0.667. The van der Waals surface area contributed by atoms with Gasteiger partial charge in [0.25, 0.3) is 0 Å². The summed E-state index contributed by atoms with van der Waals surface area (Å²) in [7, 11) is 0. The van der Waals surface area contributed by atoms with Crippen LogP contribution in [0, 0.1) is 24.2 Å². The average Bonchev–Trinajstić information content (AvgIpc) is 3.30. The number of Topliss-reactive ketones (excluding diaryl/α,β-unsaturated/α-hetero) is 1. The molecular formula is C27H37NO6S. The van der Waals surface area contributed by atoms with Crippen LogP contribution in [-0.2, 0) is 19.1 Å². The van der Waals surface area contributed by atoms with Crippen molar-refractivity contribution >= 4 is 33.3 Å². The predicted octanol–water partition coefficient (Wildman–Crippen LogP) is 4.51. The molecule has 0 amide bonds. The molecule has 7 unspecified atom stereocenters. The summed E-state index contributed by atoms with van der Waals surface area (Å²) in [6.07, 6.45) is -1.06. The van der Waals surface area contributed by atoms with E-state index in [1.165, 1.54) is 0 Å². The second-order valence-electron chi connectivity index (χ2n) is 11.2. The van der Waals surface area contributed by atoms with Crippen molar-refractivity contribution in [1.29, 1.82) is 0 Å². The van der Waals surface area contributed by atoms with Crippen molar-refractivity contribution < 1.29 is 29.3 Å². The van der Waals surface area contributed by atoms with Gasteiger partial charge in [0.15, 0.2) is 6.10 Å². The lowest BCUT2D eigenvalue weighted by molar-refractivity contribution is -0.157. The van der Waals surface area contributed by atoms with E-state index in [0.717, 1.165) is 40.1 Å². The van der Waals surface area contributed by atoms with E-state index in [4.69, 9.17) is 9.47 Å². The SMILES string of the molecule is Cc1nc2cc(C3OC(=O)CC(O)C(C)(C)C(=O)C(C)C(O)C(C)CCCC4(C)OC34)ccc2s1. The zero-order chi connectivity index (χ0) is 25.7. The lowest BCUT2D eigenvalue weighted by Gasteiger charge is -2.34. The highest BCUT2D eigenvalue weighted by atomic mass is 32.1. The quantitative estimate of drug-likeness (QED) is 0.435. The van der Waals surface area contributed by atoms with Gasteiger partial charge in [0.1, 0.15) is 11.9 Å².